The van der Waals surface area contributed by atoms with Gasteiger partial charge in [0.15, 0.2) is 0 Å². The van der Waals surface area contributed by atoms with Crippen LogP contribution in [0, 0.1) is 6.92 Å². The van der Waals surface area contributed by atoms with Crippen molar-refractivity contribution in [2.24, 2.45) is 0 Å². The van der Waals surface area contributed by atoms with E-state index in [0.717, 1.165) is 48.0 Å². The lowest BCUT2D eigenvalue weighted by Gasteiger charge is -2.19. The van der Waals surface area contributed by atoms with Gasteiger partial charge in [-0.15, -0.1) is 0 Å². The highest BCUT2D eigenvalue weighted by Gasteiger charge is 2.20. The molecule has 0 bridgehead atoms. The molecule has 3 rings (SSSR count). The average Bonchev–Trinajstić information content (AvgIpc) is 3.02. The molecular formula is C15H18N2O2S2. The molecule has 2 aromatic heterocycles. The molecule has 0 atom stereocenters. The lowest BCUT2D eigenvalue weighted by Crippen LogP contribution is -2.34. The summed E-state index contributed by atoms with van der Waals surface area (Å²) >= 11 is 3.53. The number of hydrogen-bond donors (Lipinski definition) is 0. The lowest BCUT2D eigenvalue weighted by molar-refractivity contribution is -0.130. The second-order valence-electron chi connectivity index (χ2n) is 5.06. The predicted molar refractivity (Wildman–Crippen MR) is 86.8 cm³/mol. The number of hydrogen-bond acceptors (Lipinski definition) is 5. The maximum absolute atomic E-state index is 12.4. The van der Waals surface area contributed by atoms with E-state index in [1.54, 1.807) is 11.3 Å². The van der Waals surface area contributed by atoms with E-state index in [2.05, 4.69) is 4.98 Å². The summed E-state index contributed by atoms with van der Waals surface area (Å²) in [5.41, 5.74) is 1.74. The summed E-state index contributed by atoms with van der Waals surface area (Å²) in [6.45, 7) is 3.58. The Balaban J connectivity index is 1.71. The van der Waals surface area contributed by atoms with Gasteiger partial charge in [-0.05, 0) is 30.5 Å². The molecule has 3 heterocycles. The van der Waals surface area contributed by atoms with E-state index in [9.17, 15) is 4.79 Å². The molecule has 0 aromatic carbocycles. The number of nitrogens with zero attached hydrogens (tertiary/aromatic N) is 2. The monoisotopic (exact) mass is 322 g/mol. The molecule has 0 aliphatic carbocycles. The fourth-order valence-corrected chi connectivity index (χ4v) is 3.87. The number of oxazole rings is 1. The van der Waals surface area contributed by atoms with Crippen molar-refractivity contribution in [2.45, 2.75) is 19.8 Å². The molecular weight excluding hydrogens is 304 g/mol. The van der Waals surface area contributed by atoms with Crippen LogP contribution < -0.4 is 0 Å². The van der Waals surface area contributed by atoms with Crippen molar-refractivity contribution >= 4 is 29.0 Å². The summed E-state index contributed by atoms with van der Waals surface area (Å²) in [5.74, 6) is 3.70. The standard InChI is InChI=1S/C15H18N2O2S2/c1-11-13(16-15(19-11)12-3-7-21-10-12)9-14(18)17-4-2-6-20-8-5-17/h3,7,10H,2,4-6,8-9H2,1H3. The summed E-state index contributed by atoms with van der Waals surface area (Å²) in [7, 11) is 0. The van der Waals surface area contributed by atoms with Crippen LogP contribution in [-0.2, 0) is 11.2 Å². The van der Waals surface area contributed by atoms with Gasteiger partial charge < -0.3 is 9.32 Å². The number of thioether (sulfide) groups is 1. The minimum Gasteiger partial charge on any atom is -0.441 e. The molecule has 1 aliphatic rings. The van der Waals surface area contributed by atoms with Crippen molar-refractivity contribution in [3.8, 4) is 11.5 Å². The number of thiophene rings is 1. The van der Waals surface area contributed by atoms with Crippen molar-refractivity contribution in [3.63, 3.8) is 0 Å². The van der Waals surface area contributed by atoms with Gasteiger partial charge in [0, 0.05) is 29.8 Å². The van der Waals surface area contributed by atoms with Crippen molar-refractivity contribution in [1.82, 2.24) is 9.88 Å². The van der Waals surface area contributed by atoms with Gasteiger partial charge in [0.2, 0.25) is 11.8 Å². The van der Waals surface area contributed by atoms with Crippen LogP contribution in [0.3, 0.4) is 0 Å². The van der Waals surface area contributed by atoms with Gasteiger partial charge in [-0.1, -0.05) is 0 Å². The van der Waals surface area contributed by atoms with Crippen LogP contribution in [0.1, 0.15) is 17.9 Å². The van der Waals surface area contributed by atoms with Crippen LogP contribution in [0.2, 0.25) is 0 Å². The Morgan fingerprint density at radius 3 is 3.14 bits per heavy atom. The largest absolute Gasteiger partial charge is 0.441 e. The highest BCUT2D eigenvalue weighted by Crippen LogP contribution is 2.24. The number of amides is 1. The number of aryl methyl sites for hydroxylation is 1. The molecule has 21 heavy (non-hydrogen) atoms. The third-order valence-electron chi connectivity index (χ3n) is 3.55. The second kappa shape index (κ2) is 6.66. The van der Waals surface area contributed by atoms with Crippen LogP contribution in [-0.4, -0.2) is 40.4 Å². The molecule has 1 saturated heterocycles. The van der Waals surface area contributed by atoms with E-state index >= 15 is 0 Å². The van der Waals surface area contributed by atoms with Gasteiger partial charge in [0.05, 0.1) is 12.1 Å². The number of aromatic nitrogens is 1. The van der Waals surface area contributed by atoms with Gasteiger partial charge in [-0.3, -0.25) is 4.79 Å². The zero-order chi connectivity index (χ0) is 14.7. The van der Waals surface area contributed by atoms with E-state index in [0.29, 0.717) is 12.3 Å². The van der Waals surface area contributed by atoms with E-state index in [-0.39, 0.29) is 5.91 Å². The minimum atomic E-state index is 0.158. The molecule has 0 radical (unpaired) electrons. The van der Waals surface area contributed by atoms with E-state index < -0.39 is 0 Å². The van der Waals surface area contributed by atoms with E-state index in [4.69, 9.17) is 4.42 Å². The molecule has 4 nitrogen and oxygen atoms in total. The van der Waals surface area contributed by atoms with Crippen LogP contribution in [0.4, 0.5) is 0 Å². The van der Waals surface area contributed by atoms with E-state index in [1.165, 1.54) is 0 Å². The van der Waals surface area contributed by atoms with Gasteiger partial charge in [-0.25, -0.2) is 4.98 Å². The summed E-state index contributed by atoms with van der Waals surface area (Å²) < 4.78 is 5.69. The van der Waals surface area contributed by atoms with E-state index in [1.807, 2.05) is 40.4 Å². The molecule has 112 valence electrons. The maximum Gasteiger partial charge on any atom is 0.228 e. The quantitative estimate of drug-likeness (QED) is 0.870. The number of carbonyl (C=O) groups is 1. The fourth-order valence-electron chi connectivity index (χ4n) is 2.35. The normalized spacial score (nSPS) is 16.0. The Hall–Kier alpha value is -1.27. The zero-order valence-electron chi connectivity index (χ0n) is 12.0. The smallest absolute Gasteiger partial charge is 0.228 e. The SMILES string of the molecule is Cc1oc(-c2ccsc2)nc1CC(=O)N1CCCSCC1. The van der Waals surface area contributed by atoms with Gasteiger partial charge in [-0.2, -0.15) is 23.1 Å². The topological polar surface area (TPSA) is 46.3 Å². The molecule has 2 aromatic rings. The molecule has 0 saturated carbocycles. The molecule has 1 aliphatic heterocycles. The molecule has 6 heteroatoms. The van der Waals surface area contributed by atoms with Crippen LogP contribution >= 0.6 is 23.1 Å². The zero-order valence-corrected chi connectivity index (χ0v) is 13.6. The average molecular weight is 322 g/mol. The summed E-state index contributed by atoms with van der Waals surface area (Å²) in [5, 5.41) is 4.00. The fraction of sp³-hybridized carbons (Fsp3) is 0.467. The first-order chi connectivity index (χ1) is 10.2. The predicted octanol–water partition coefficient (Wildman–Crippen LogP) is 3.22. The van der Waals surface area contributed by atoms with Crippen molar-refractivity contribution in [1.29, 1.82) is 0 Å². The van der Waals surface area contributed by atoms with Gasteiger partial charge in [0.25, 0.3) is 0 Å². The van der Waals surface area contributed by atoms with Crippen molar-refractivity contribution in [3.05, 3.63) is 28.3 Å². The number of carbonyl (C=O) groups excluding carboxylic acids is 1. The second-order valence-corrected chi connectivity index (χ2v) is 7.06. The Labute approximate surface area is 132 Å². The highest BCUT2D eigenvalue weighted by atomic mass is 32.2. The third-order valence-corrected chi connectivity index (χ3v) is 5.29. The van der Waals surface area contributed by atoms with Gasteiger partial charge in [0.1, 0.15) is 5.76 Å². The number of rotatable bonds is 3. The first-order valence-corrected chi connectivity index (χ1v) is 9.18. The van der Waals surface area contributed by atoms with Crippen LogP contribution in [0.15, 0.2) is 21.2 Å². The first-order valence-electron chi connectivity index (χ1n) is 7.08. The van der Waals surface area contributed by atoms with Crippen LogP contribution in [0.5, 0.6) is 0 Å². The Morgan fingerprint density at radius 1 is 1.43 bits per heavy atom. The lowest BCUT2D eigenvalue weighted by atomic mass is 10.2. The molecule has 1 amide bonds. The van der Waals surface area contributed by atoms with Crippen molar-refractivity contribution in [2.75, 3.05) is 24.6 Å². The van der Waals surface area contributed by atoms with Crippen LogP contribution in [0.25, 0.3) is 11.5 Å². The molecule has 0 spiro atoms. The Kier molecular flexibility index (Phi) is 4.65. The summed E-state index contributed by atoms with van der Waals surface area (Å²) in [4.78, 5) is 18.9. The highest BCUT2D eigenvalue weighted by molar-refractivity contribution is 7.99. The Bertz CT molecular complexity index is 599. The first kappa shape index (κ1) is 14.7. The molecule has 0 N–H and O–H groups in total. The summed E-state index contributed by atoms with van der Waals surface area (Å²) in [6.07, 6.45) is 1.42. The third kappa shape index (κ3) is 3.49. The molecule has 1 fully saturated rings. The summed E-state index contributed by atoms with van der Waals surface area (Å²) in [6, 6.07) is 1.98. The van der Waals surface area contributed by atoms with Gasteiger partial charge >= 0.3 is 0 Å². The molecule has 0 unspecified atom stereocenters. The maximum atomic E-state index is 12.4. The minimum absolute atomic E-state index is 0.158. The van der Waals surface area contributed by atoms with Crippen molar-refractivity contribution < 1.29 is 9.21 Å². The Morgan fingerprint density at radius 2 is 2.33 bits per heavy atom.